The van der Waals surface area contributed by atoms with Crippen LogP contribution in [0.4, 0.5) is 26.3 Å². The third-order valence-electron chi connectivity index (χ3n) is 5.93. The molecule has 0 saturated heterocycles. The molecule has 0 nitrogen and oxygen atoms in total. The van der Waals surface area contributed by atoms with E-state index >= 15 is 4.39 Å². The van der Waals surface area contributed by atoms with Crippen molar-refractivity contribution in [2.24, 2.45) is 0 Å². The molecule has 0 aliphatic heterocycles. The van der Waals surface area contributed by atoms with Crippen LogP contribution in [0.1, 0.15) is 47.9 Å². The number of hydrogen-bond donors (Lipinski definition) is 0. The molecule has 6 heteroatoms. The second-order valence-electron chi connectivity index (χ2n) is 7.95. The Labute approximate surface area is 176 Å². The summed E-state index contributed by atoms with van der Waals surface area (Å²) < 4.78 is 87.0. The van der Waals surface area contributed by atoms with Crippen LogP contribution in [0, 0.1) is 34.9 Å². The minimum absolute atomic E-state index is 0.0516. The van der Waals surface area contributed by atoms with Gasteiger partial charge in [-0.05, 0) is 72.6 Å². The average molecular weight is 434 g/mol. The first-order chi connectivity index (χ1) is 14.8. The van der Waals surface area contributed by atoms with Gasteiger partial charge in [0.25, 0.3) is 0 Å². The van der Waals surface area contributed by atoms with Gasteiger partial charge >= 0.3 is 0 Å². The maximum atomic E-state index is 15.2. The smallest absolute Gasteiger partial charge is 0.166 e. The minimum atomic E-state index is -1.33. The summed E-state index contributed by atoms with van der Waals surface area (Å²) in [6.45, 7) is 1.91. The molecular formula is C25H20F6. The fourth-order valence-electron chi connectivity index (χ4n) is 4.50. The molecule has 0 aromatic heterocycles. The van der Waals surface area contributed by atoms with Crippen LogP contribution in [-0.4, -0.2) is 0 Å². The number of fused-ring (bicyclic) bond motifs is 1. The highest BCUT2D eigenvalue weighted by Crippen LogP contribution is 2.40. The van der Waals surface area contributed by atoms with E-state index < -0.39 is 51.9 Å². The van der Waals surface area contributed by atoms with Gasteiger partial charge in [0, 0.05) is 11.1 Å². The fraction of sp³-hybridized carbons (Fsp3) is 0.280. The Balaban J connectivity index is 1.73. The average Bonchev–Trinajstić information content (AvgIpc) is 2.70. The highest BCUT2D eigenvalue weighted by atomic mass is 19.2. The summed E-state index contributed by atoms with van der Waals surface area (Å²) in [5, 5.41) is 0. The van der Waals surface area contributed by atoms with E-state index in [0.717, 1.165) is 24.6 Å². The molecule has 1 aliphatic rings. The van der Waals surface area contributed by atoms with Crippen molar-refractivity contribution in [3.05, 3.63) is 93.6 Å². The highest BCUT2D eigenvalue weighted by Gasteiger charge is 2.30. The van der Waals surface area contributed by atoms with Crippen molar-refractivity contribution in [3.8, 4) is 11.1 Å². The van der Waals surface area contributed by atoms with Gasteiger partial charge in [0.2, 0.25) is 0 Å². The van der Waals surface area contributed by atoms with Crippen molar-refractivity contribution in [2.75, 3.05) is 0 Å². The van der Waals surface area contributed by atoms with Crippen molar-refractivity contribution in [3.63, 3.8) is 0 Å². The predicted molar refractivity (Wildman–Crippen MR) is 107 cm³/mol. The lowest BCUT2D eigenvalue weighted by molar-refractivity contribution is 0.476. The van der Waals surface area contributed by atoms with E-state index in [1.54, 1.807) is 0 Å². The summed E-state index contributed by atoms with van der Waals surface area (Å²) in [6, 6.07) is 6.84. The maximum absolute atomic E-state index is 15.2. The number of halogens is 6. The lowest BCUT2D eigenvalue weighted by Crippen LogP contribution is -2.18. The number of hydrogen-bond acceptors (Lipinski definition) is 0. The summed E-state index contributed by atoms with van der Waals surface area (Å²) in [5.41, 5.74) is -0.190. The lowest BCUT2D eigenvalue weighted by Gasteiger charge is -2.27. The molecule has 1 unspecified atom stereocenters. The molecule has 0 saturated carbocycles. The first kappa shape index (κ1) is 21.5. The Bertz CT molecular complexity index is 1130. The fourth-order valence-corrected chi connectivity index (χ4v) is 4.50. The van der Waals surface area contributed by atoms with Gasteiger partial charge in [-0.25, -0.2) is 26.3 Å². The molecule has 3 aromatic carbocycles. The second-order valence-corrected chi connectivity index (χ2v) is 7.95. The molecule has 0 fully saturated rings. The van der Waals surface area contributed by atoms with E-state index in [9.17, 15) is 22.0 Å². The normalized spacial score (nSPS) is 15.8. The van der Waals surface area contributed by atoms with Crippen molar-refractivity contribution in [1.82, 2.24) is 0 Å². The summed E-state index contributed by atoms with van der Waals surface area (Å²) in [4.78, 5) is 0. The first-order valence-corrected chi connectivity index (χ1v) is 10.2. The summed E-state index contributed by atoms with van der Waals surface area (Å²) in [6.07, 6.45) is 1.71. The van der Waals surface area contributed by atoms with E-state index in [2.05, 4.69) is 0 Å². The maximum Gasteiger partial charge on any atom is 0.166 e. The van der Waals surface area contributed by atoms with Gasteiger partial charge in [-0.2, -0.15) is 0 Å². The summed E-state index contributed by atoms with van der Waals surface area (Å²) in [5.74, 6) is -6.42. The highest BCUT2D eigenvalue weighted by molar-refractivity contribution is 5.68. The molecular weight excluding hydrogens is 414 g/mol. The first-order valence-electron chi connectivity index (χ1n) is 10.2. The molecule has 0 N–H and O–H groups in total. The van der Waals surface area contributed by atoms with Gasteiger partial charge in [0.15, 0.2) is 11.6 Å². The summed E-state index contributed by atoms with van der Waals surface area (Å²) >= 11 is 0. The minimum Gasteiger partial charge on any atom is -0.207 e. The predicted octanol–water partition coefficient (Wildman–Crippen LogP) is 7.41. The molecule has 4 rings (SSSR count). The molecule has 0 heterocycles. The molecule has 0 spiro atoms. The van der Waals surface area contributed by atoms with Gasteiger partial charge in [0.1, 0.15) is 23.3 Å². The van der Waals surface area contributed by atoms with E-state index in [4.69, 9.17) is 0 Å². The monoisotopic (exact) mass is 434 g/mol. The quantitative estimate of drug-likeness (QED) is 0.375. The summed E-state index contributed by atoms with van der Waals surface area (Å²) in [7, 11) is 0. The van der Waals surface area contributed by atoms with Crippen molar-refractivity contribution < 1.29 is 26.3 Å². The van der Waals surface area contributed by atoms with E-state index in [0.29, 0.717) is 12.0 Å². The number of aryl methyl sites for hydroxylation is 1. The molecule has 0 radical (unpaired) electrons. The van der Waals surface area contributed by atoms with Crippen molar-refractivity contribution >= 4 is 0 Å². The lowest BCUT2D eigenvalue weighted by atomic mass is 9.78. The van der Waals surface area contributed by atoms with Gasteiger partial charge in [-0.3, -0.25) is 0 Å². The molecule has 0 amide bonds. The second kappa shape index (κ2) is 8.40. The van der Waals surface area contributed by atoms with E-state index in [-0.39, 0.29) is 36.0 Å². The molecule has 1 aliphatic carbocycles. The van der Waals surface area contributed by atoms with Crippen LogP contribution in [0.3, 0.4) is 0 Å². The van der Waals surface area contributed by atoms with Crippen LogP contribution in [0.15, 0.2) is 36.4 Å². The molecule has 0 bridgehead atoms. The molecule has 162 valence electrons. The van der Waals surface area contributed by atoms with Crippen LogP contribution >= 0.6 is 0 Å². The van der Waals surface area contributed by atoms with Gasteiger partial charge in [-0.1, -0.05) is 25.5 Å². The number of benzene rings is 3. The van der Waals surface area contributed by atoms with Crippen molar-refractivity contribution in [2.45, 2.75) is 44.9 Å². The molecule has 3 aromatic rings. The van der Waals surface area contributed by atoms with Crippen LogP contribution in [0.5, 0.6) is 0 Å². The topological polar surface area (TPSA) is 0 Å². The zero-order valence-electron chi connectivity index (χ0n) is 16.8. The van der Waals surface area contributed by atoms with Crippen LogP contribution in [0.25, 0.3) is 11.1 Å². The Morgan fingerprint density at radius 3 is 2.23 bits per heavy atom. The Hall–Kier alpha value is -2.76. The van der Waals surface area contributed by atoms with Gasteiger partial charge in [-0.15, -0.1) is 0 Å². The van der Waals surface area contributed by atoms with Crippen LogP contribution in [0.2, 0.25) is 0 Å². The SMILES string of the molecule is CCCc1cc(F)c(C2CCc3c(cc(F)c(-c4cccc(F)c4F)c3F)C2)c(F)c1. The molecule has 1 atom stereocenters. The molecule has 31 heavy (non-hydrogen) atoms. The Morgan fingerprint density at radius 2 is 1.55 bits per heavy atom. The zero-order chi connectivity index (χ0) is 22.3. The Morgan fingerprint density at radius 1 is 0.839 bits per heavy atom. The van der Waals surface area contributed by atoms with Crippen molar-refractivity contribution in [1.29, 1.82) is 0 Å². The van der Waals surface area contributed by atoms with E-state index in [1.807, 2.05) is 6.92 Å². The Kier molecular flexibility index (Phi) is 5.82. The zero-order valence-corrected chi connectivity index (χ0v) is 16.8. The number of rotatable bonds is 4. The standard InChI is InChI=1S/C25H20F6/c1-2-4-13-9-19(27)22(20(28)10-13)14-7-8-16-15(11-14)12-21(29)23(25(16)31)17-5-3-6-18(26)24(17)30/h3,5-6,9-10,12,14H,2,4,7-8,11H2,1H3. The third kappa shape index (κ3) is 3.84. The van der Waals surface area contributed by atoms with Gasteiger partial charge in [0.05, 0.1) is 5.56 Å². The van der Waals surface area contributed by atoms with Crippen LogP contribution in [-0.2, 0) is 19.3 Å². The van der Waals surface area contributed by atoms with E-state index in [1.165, 1.54) is 18.2 Å². The van der Waals surface area contributed by atoms with Gasteiger partial charge < -0.3 is 0 Å². The third-order valence-corrected chi connectivity index (χ3v) is 5.93. The largest absolute Gasteiger partial charge is 0.207 e. The van der Waals surface area contributed by atoms with Crippen LogP contribution < -0.4 is 0 Å².